The van der Waals surface area contributed by atoms with Crippen molar-refractivity contribution in [1.29, 1.82) is 0 Å². The molecule has 126 valence electrons. The lowest BCUT2D eigenvalue weighted by atomic mass is 10.2. The lowest BCUT2D eigenvalue weighted by Crippen LogP contribution is -2.19. The summed E-state index contributed by atoms with van der Waals surface area (Å²) in [6, 6.07) is 11.1. The van der Waals surface area contributed by atoms with Crippen LogP contribution in [0.2, 0.25) is 0 Å². The second kappa shape index (κ2) is 6.47. The van der Waals surface area contributed by atoms with Crippen molar-refractivity contribution < 1.29 is 17.9 Å². The molecule has 0 aliphatic carbocycles. The monoisotopic (exact) mass is 398 g/mol. The molecule has 2 aromatic heterocycles. The number of rotatable bonds is 4. The smallest absolute Gasteiger partial charge is 0.422 e. The Labute approximate surface area is 145 Å². The standard InChI is InChI=1S/C17H14BrF3N2O/c1-11(23-7-6-12-8-13(18)2-5-16(12)23)15-4-3-14(9-22-15)24-10-17(19,20)21/h2-9,11H,10H2,1H3/t11-/m1/s1. The summed E-state index contributed by atoms with van der Waals surface area (Å²) in [6.45, 7) is 0.667. The predicted octanol–water partition coefficient (Wildman–Crippen LogP) is 5.35. The van der Waals surface area contributed by atoms with Crippen LogP contribution in [0.25, 0.3) is 10.9 Å². The average Bonchev–Trinajstić information content (AvgIpc) is 2.95. The number of hydrogen-bond acceptors (Lipinski definition) is 2. The molecule has 1 aromatic carbocycles. The summed E-state index contributed by atoms with van der Waals surface area (Å²) in [5.74, 6) is 0.101. The quantitative estimate of drug-likeness (QED) is 0.592. The van der Waals surface area contributed by atoms with Crippen LogP contribution in [0.15, 0.2) is 53.3 Å². The predicted molar refractivity (Wildman–Crippen MR) is 89.2 cm³/mol. The fraction of sp³-hybridized carbons (Fsp3) is 0.235. The highest BCUT2D eigenvalue weighted by atomic mass is 79.9. The van der Waals surface area contributed by atoms with Gasteiger partial charge in [0.25, 0.3) is 0 Å². The third kappa shape index (κ3) is 3.72. The van der Waals surface area contributed by atoms with Crippen LogP contribution in [0.5, 0.6) is 5.75 Å². The summed E-state index contributed by atoms with van der Waals surface area (Å²) in [4.78, 5) is 4.24. The van der Waals surface area contributed by atoms with E-state index >= 15 is 0 Å². The minimum absolute atomic E-state index is 0.0552. The number of benzene rings is 1. The molecule has 24 heavy (non-hydrogen) atoms. The molecule has 0 N–H and O–H groups in total. The van der Waals surface area contributed by atoms with Crippen molar-refractivity contribution in [3.63, 3.8) is 0 Å². The first kappa shape index (κ1) is 16.8. The number of halogens is 4. The van der Waals surface area contributed by atoms with Crippen LogP contribution < -0.4 is 4.74 Å². The van der Waals surface area contributed by atoms with Gasteiger partial charge in [0.05, 0.1) is 17.9 Å². The Morgan fingerprint density at radius 3 is 2.67 bits per heavy atom. The number of pyridine rings is 1. The second-order valence-corrected chi connectivity index (χ2v) is 6.34. The van der Waals surface area contributed by atoms with E-state index in [2.05, 4.69) is 30.2 Å². The maximum Gasteiger partial charge on any atom is 0.422 e. The zero-order valence-corrected chi connectivity index (χ0v) is 14.3. The van der Waals surface area contributed by atoms with Gasteiger partial charge in [0.15, 0.2) is 6.61 Å². The van der Waals surface area contributed by atoms with Crippen molar-refractivity contribution in [2.24, 2.45) is 0 Å². The van der Waals surface area contributed by atoms with E-state index in [1.165, 1.54) is 12.3 Å². The molecule has 1 atom stereocenters. The molecule has 0 unspecified atom stereocenters. The second-order valence-electron chi connectivity index (χ2n) is 5.42. The Morgan fingerprint density at radius 1 is 1.21 bits per heavy atom. The van der Waals surface area contributed by atoms with Crippen molar-refractivity contribution in [1.82, 2.24) is 9.55 Å². The Bertz CT molecular complexity index is 843. The van der Waals surface area contributed by atoms with Gasteiger partial charge in [-0.05, 0) is 43.3 Å². The van der Waals surface area contributed by atoms with Crippen molar-refractivity contribution in [2.45, 2.75) is 19.1 Å². The van der Waals surface area contributed by atoms with Crippen LogP contribution in [0.3, 0.4) is 0 Å². The third-order valence-electron chi connectivity index (χ3n) is 3.69. The molecule has 7 heteroatoms. The van der Waals surface area contributed by atoms with Gasteiger partial charge in [-0.25, -0.2) is 0 Å². The molecule has 0 bridgehead atoms. The fourth-order valence-corrected chi connectivity index (χ4v) is 2.88. The van der Waals surface area contributed by atoms with E-state index in [9.17, 15) is 13.2 Å². The number of aromatic nitrogens is 2. The molecule has 3 rings (SSSR count). The first-order chi connectivity index (χ1) is 11.3. The molecule has 3 nitrogen and oxygen atoms in total. The minimum Gasteiger partial charge on any atom is -0.483 e. The number of fused-ring (bicyclic) bond motifs is 1. The molecule has 0 aliphatic heterocycles. The molecule has 0 amide bonds. The van der Waals surface area contributed by atoms with Gasteiger partial charge in [-0.1, -0.05) is 15.9 Å². The number of alkyl halides is 3. The molecule has 0 radical (unpaired) electrons. The van der Waals surface area contributed by atoms with Crippen LogP contribution in [0.4, 0.5) is 13.2 Å². The number of hydrogen-bond donors (Lipinski definition) is 0. The number of ether oxygens (including phenoxy) is 1. The Kier molecular flexibility index (Phi) is 4.54. The van der Waals surface area contributed by atoms with Crippen molar-refractivity contribution in [3.8, 4) is 5.75 Å². The first-order valence-corrected chi connectivity index (χ1v) is 8.04. The normalized spacial score (nSPS) is 13.2. The van der Waals surface area contributed by atoms with Crippen LogP contribution in [-0.4, -0.2) is 22.3 Å². The summed E-state index contributed by atoms with van der Waals surface area (Å²) in [7, 11) is 0. The highest BCUT2D eigenvalue weighted by Crippen LogP contribution is 2.27. The van der Waals surface area contributed by atoms with Gasteiger partial charge < -0.3 is 9.30 Å². The van der Waals surface area contributed by atoms with Gasteiger partial charge in [0.2, 0.25) is 0 Å². The highest BCUT2D eigenvalue weighted by Gasteiger charge is 2.28. The molecular formula is C17H14BrF3N2O. The van der Waals surface area contributed by atoms with Gasteiger partial charge >= 0.3 is 6.18 Å². The summed E-state index contributed by atoms with van der Waals surface area (Å²) in [5.41, 5.74) is 1.81. The van der Waals surface area contributed by atoms with Gasteiger partial charge in [0.1, 0.15) is 5.75 Å². The van der Waals surface area contributed by atoms with Crippen LogP contribution in [0, 0.1) is 0 Å². The van der Waals surface area contributed by atoms with E-state index in [1.807, 2.05) is 37.4 Å². The molecule has 3 aromatic rings. The molecule has 0 aliphatic rings. The summed E-state index contributed by atoms with van der Waals surface area (Å²) >= 11 is 3.44. The largest absolute Gasteiger partial charge is 0.483 e. The SMILES string of the molecule is C[C@H](c1ccc(OCC(F)(F)F)cn1)n1ccc2cc(Br)ccc21. The highest BCUT2D eigenvalue weighted by molar-refractivity contribution is 9.10. The molecular weight excluding hydrogens is 385 g/mol. The zero-order chi connectivity index (χ0) is 17.3. The molecule has 0 fully saturated rings. The maximum atomic E-state index is 12.2. The summed E-state index contributed by atoms with van der Waals surface area (Å²) in [6.07, 6.45) is -1.07. The molecule has 0 spiro atoms. The zero-order valence-electron chi connectivity index (χ0n) is 12.7. The maximum absolute atomic E-state index is 12.2. The molecule has 0 saturated carbocycles. The summed E-state index contributed by atoms with van der Waals surface area (Å²) in [5, 5.41) is 1.10. The summed E-state index contributed by atoms with van der Waals surface area (Å²) < 4.78 is 44.2. The van der Waals surface area contributed by atoms with Gasteiger partial charge in [0, 0.05) is 21.6 Å². The van der Waals surface area contributed by atoms with E-state index in [0.717, 1.165) is 21.1 Å². The third-order valence-corrected chi connectivity index (χ3v) is 4.18. The van der Waals surface area contributed by atoms with Gasteiger partial charge in [-0.15, -0.1) is 0 Å². The van der Waals surface area contributed by atoms with E-state index in [4.69, 9.17) is 0 Å². The van der Waals surface area contributed by atoms with Gasteiger partial charge in [-0.3, -0.25) is 4.98 Å². The lowest BCUT2D eigenvalue weighted by molar-refractivity contribution is -0.153. The number of nitrogens with zero attached hydrogens (tertiary/aromatic N) is 2. The molecule has 0 saturated heterocycles. The van der Waals surface area contributed by atoms with E-state index in [-0.39, 0.29) is 11.8 Å². The van der Waals surface area contributed by atoms with E-state index in [0.29, 0.717) is 0 Å². The first-order valence-electron chi connectivity index (χ1n) is 7.25. The topological polar surface area (TPSA) is 27.1 Å². The van der Waals surface area contributed by atoms with Crippen LogP contribution >= 0.6 is 15.9 Å². The molecule has 2 heterocycles. The van der Waals surface area contributed by atoms with Crippen LogP contribution in [-0.2, 0) is 0 Å². The van der Waals surface area contributed by atoms with Crippen LogP contribution in [0.1, 0.15) is 18.7 Å². The van der Waals surface area contributed by atoms with E-state index < -0.39 is 12.8 Å². The van der Waals surface area contributed by atoms with Crippen molar-refractivity contribution in [2.75, 3.05) is 6.61 Å². The minimum atomic E-state index is -4.36. The Morgan fingerprint density at radius 2 is 2.00 bits per heavy atom. The Balaban J connectivity index is 1.80. The Hall–Kier alpha value is -2.02. The lowest BCUT2D eigenvalue weighted by Gasteiger charge is -2.16. The van der Waals surface area contributed by atoms with E-state index in [1.54, 1.807) is 6.07 Å². The van der Waals surface area contributed by atoms with Crippen molar-refractivity contribution >= 4 is 26.8 Å². The van der Waals surface area contributed by atoms with Crippen molar-refractivity contribution in [3.05, 3.63) is 59.0 Å². The average molecular weight is 399 g/mol. The van der Waals surface area contributed by atoms with Gasteiger partial charge in [-0.2, -0.15) is 13.2 Å². The fourth-order valence-electron chi connectivity index (χ4n) is 2.50.